The first kappa shape index (κ1) is 23.1. The fraction of sp³-hybridized carbons (Fsp3) is 0.538. The van der Waals surface area contributed by atoms with E-state index in [0.29, 0.717) is 24.6 Å². The quantitative estimate of drug-likeness (QED) is 0.716. The zero-order chi connectivity index (χ0) is 23.7. The maximum atomic E-state index is 13.4. The summed E-state index contributed by atoms with van der Waals surface area (Å²) < 4.78 is 40.2. The average Bonchev–Trinajstić information content (AvgIpc) is 2.86. The van der Waals surface area contributed by atoms with Crippen LogP contribution in [0.1, 0.15) is 48.8 Å². The molecule has 0 unspecified atom stereocenters. The van der Waals surface area contributed by atoms with Crippen molar-refractivity contribution in [1.29, 1.82) is 0 Å². The highest BCUT2D eigenvalue weighted by Gasteiger charge is 2.43. The smallest absolute Gasteiger partial charge is 0.365 e. The number of alkyl halides is 3. The molecule has 1 aromatic heterocycles. The third-order valence-electron chi connectivity index (χ3n) is 7.69. The fourth-order valence-corrected chi connectivity index (χ4v) is 5.92. The van der Waals surface area contributed by atoms with Gasteiger partial charge < -0.3 is 10.2 Å². The lowest BCUT2D eigenvalue weighted by Gasteiger charge is -2.51. The number of carbonyl (C=O) groups excluding carboxylic acids is 1. The lowest BCUT2D eigenvalue weighted by molar-refractivity contribution is -0.137. The topological polar surface area (TPSA) is 48.5 Å². The monoisotopic (exact) mass is 472 g/mol. The molecular weight excluding hydrogens is 441 g/mol. The molecule has 5 rings (SSSR count). The van der Waals surface area contributed by atoms with Gasteiger partial charge in [-0.25, -0.2) is 0 Å². The first-order chi connectivity index (χ1) is 16.4. The van der Waals surface area contributed by atoms with Crippen LogP contribution in [0.25, 0.3) is 0 Å². The number of aromatic nitrogens is 1. The number of anilines is 1. The second kappa shape index (κ2) is 9.56. The van der Waals surface area contributed by atoms with Gasteiger partial charge in [0.1, 0.15) is 0 Å². The number of nitrogens with one attached hydrogen (secondary N) is 1. The van der Waals surface area contributed by atoms with Crippen LogP contribution in [0.4, 0.5) is 18.9 Å². The van der Waals surface area contributed by atoms with Crippen LogP contribution < -0.4 is 10.2 Å². The van der Waals surface area contributed by atoms with Gasteiger partial charge in [-0.05, 0) is 54.7 Å². The summed E-state index contributed by atoms with van der Waals surface area (Å²) in [5, 5.41) is 3.03. The Hall–Kier alpha value is -2.61. The van der Waals surface area contributed by atoms with E-state index in [1.807, 2.05) is 12.1 Å². The summed E-state index contributed by atoms with van der Waals surface area (Å²) in [4.78, 5) is 22.2. The summed E-state index contributed by atoms with van der Waals surface area (Å²) in [7, 11) is 0. The second-order valence-corrected chi connectivity index (χ2v) is 9.78. The molecule has 3 heterocycles. The van der Waals surface area contributed by atoms with Gasteiger partial charge in [0.15, 0.2) is 0 Å². The molecule has 3 aliphatic rings. The summed E-state index contributed by atoms with van der Waals surface area (Å²) in [6.07, 6.45) is 5.47. The van der Waals surface area contributed by atoms with Crippen LogP contribution in [-0.2, 0) is 23.9 Å². The predicted octanol–water partition coefficient (Wildman–Crippen LogP) is 4.41. The van der Waals surface area contributed by atoms with Crippen LogP contribution in [0.3, 0.4) is 0 Å². The number of hydrogen-bond acceptors (Lipinski definition) is 4. The van der Waals surface area contributed by atoms with E-state index < -0.39 is 17.7 Å². The molecule has 1 aromatic carbocycles. The van der Waals surface area contributed by atoms with Crippen LogP contribution >= 0.6 is 0 Å². The molecule has 34 heavy (non-hydrogen) atoms. The Morgan fingerprint density at radius 2 is 1.94 bits per heavy atom. The molecule has 2 aliphatic heterocycles. The van der Waals surface area contributed by atoms with Gasteiger partial charge >= 0.3 is 6.18 Å². The van der Waals surface area contributed by atoms with Gasteiger partial charge in [-0.3, -0.25) is 14.7 Å². The highest BCUT2D eigenvalue weighted by atomic mass is 19.4. The van der Waals surface area contributed by atoms with Crippen LogP contribution in [0.2, 0.25) is 0 Å². The van der Waals surface area contributed by atoms with Crippen molar-refractivity contribution in [2.75, 3.05) is 24.5 Å². The molecule has 5 nitrogen and oxygen atoms in total. The van der Waals surface area contributed by atoms with Gasteiger partial charge in [0, 0.05) is 50.3 Å². The van der Waals surface area contributed by atoms with Crippen LogP contribution in [0.15, 0.2) is 42.7 Å². The number of nitrogens with zero attached hydrogens (tertiary/aromatic N) is 3. The largest absolute Gasteiger partial charge is 0.416 e. The molecule has 1 N–H and O–H groups in total. The third-order valence-corrected chi connectivity index (χ3v) is 7.69. The van der Waals surface area contributed by atoms with Crippen molar-refractivity contribution in [1.82, 2.24) is 15.2 Å². The molecule has 1 amide bonds. The molecule has 2 atom stereocenters. The highest BCUT2D eigenvalue weighted by molar-refractivity contribution is 5.82. The number of benzene rings is 1. The van der Waals surface area contributed by atoms with E-state index in [1.54, 1.807) is 18.5 Å². The van der Waals surface area contributed by atoms with Crippen LogP contribution in [-0.4, -0.2) is 47.5 Å². The van der Waals surface area contributed by atoms with Crippen molar-refractivity contribution in [2.24, 2.45) is 5.92 Å². The van der Waals surface area contributed by atoms with Gasteiger partial charge in [-0.2, -0.15) is 13.2 Å². The van der Waals surface area contributed by atoms with Crippen molar-refractivity contribution in [3.8, 4) is 0 Å². The lowest BCUT2D eigenvalue weighted by Crippen LogP contribution is -2.62. The molecular formula is C26H31F3N4O. The summed E-state index contributed by atoms with van der Waals surface area (Å²) in [6, 6.07) is 8.23. The Kier molecular flexibility index (Phi) is 6.51. The minimum atomic E-state index is -4.40. The second-order valence-electron chi connectivity index (χ2n) is 9.78. The summed E-state index contributed by atoms with van der Waals surface area (Å²) in [5.41, 5.74) is 1.70. The number of pyridine rings is 1. The van der Waals surface area contributed by atoms with E-state index in [4.69, 9.17) is 0 Å². The molecule has 8 heteroatoms. The molecule has 0 radical (unpaired) electrons. The molecule has 0 bridgehead atoms. The Morgan fingerprint density at radius 1 is 1.12 bits per heavy atom. The third kappa shape index (κ3) is 4.78. The summed E-state index contributed by atoms with van der Waals surface area (Å²) >= 11 is 0. The zero-order valence-corrected chi connectivity index (χ0v) is 19.2. The van der Waals surface area contributed by atoms with Gasteiger partial charge in [0.05, 0.1) is 17.5 Å². The highest BCUT2D eigenvalue weighted by Crippen LogP contribution is 2.40. The van der Waals surface area contributed by atoms with Crippen LogP contribution in [0.5, 0.6) is 0 Å². The van der Waals surface area contributed by atoms with Gasteiger partial charge in [-0.15, -0.1) is 0 Å². The molecule has 0 spiro atoms. The fourth-order valence-electron chi connectivity index (χ4n) is 5.92. The number of amides is 1. The minimum absolute atomic E-state index is 0.0474. The van der Waals surface area contributed by atoms with E-state index in [1.165, 1.54) is 44.2 Å². The Labute approximate surface area is 198 Å². The van der Waals surface area contributed by atoms with E-state index in [9.17, 15) is 18.0 Å². The maximum Gasteiger partial charge on any atom is 0.416 e. The van der Waals surface area contributed by atoms with Crippen molar-refractivity contribution in [2.45, 2.75) is 63.3 Å². The summed E-state index contributed by atoms with van der Waals surface area (Å²) in [6.45, 7) is 2.74. The normalized spacial score (nSPS) is 23.8. The molecule has 1 saturated carbocycles. The van der Waals surface area contributed by atoms with Crippen molar-refractivity contribution < 1.29 is 18.0 Å². The zero-order valence-electron chi connectivity index (χ0n) is 19.2. The number of halogens is 3. The van der Waals surface area contributed by atoms with Gasteiger partial charge in [0.25, 0.3) is 0 Å². The first-order valence-electron chi connectivity index (χ1n) is 12.3. The molecule has 1 saturated heterocycles. The average molecular weight is 473 g/mol. The Morgan fingerprint density at radius 3 is 2.68 bits per heavy atom. The number of carbonyl (C=O) groups is 1. The van der Waals surface area contributed by atoms with Gasteiger partial charge in [-0.1, -0.05) is 25.3 Å². The van der Waals surface area contributed by atoms with Gasteiger partial charge in [0.2, 0.25) is 5.91 Å². The number of rotatable bonds is 4. The summed E-state index contributed by atoms with van der Waals surface area (Å²) in [5.74, 6) is -0.508. The standard InChI is InChI=1S/C26H31F3N4O/c27-26(28,29)20-8-9-23-19(13-20)14-22(25(34)31-16-18-5-4-10-30-15-18)24-17-32(11-12-33(23)24)21-6-2-1-3-7-21/h4-5,8-10,13,15,21-22,24H,1-3,6-7,11-12,14,16-17H2,(H,31,34)/t22-,24-/m0/s1. The number of piperazine rings is 1. The molecule has 1 aliphatic carbocycles. The maximum absolute atomic E-state index is 13.4. The lowest BCUT2D eigenvalue weighted by atomic mass is 9.82. The Balaban J connectivity index is 1.41. The SMILES string of the molecule is O=C(NCc1cccnc1)[C@H]1Cc2cc(C(F)(F)F)ccc2N2CCN(C3CCCCC3)C[C@@H]12. The van der Waals surface area contributed by atoms with Crippen molar-refractivity contribution in [3.63, 3.8) is 0 Å². The first-order valence-corrected chi connectivity index (χ1v) is 12.3. The molecule has 182 valence electrons. The van der Waals surface area contributed by atoms with E-state index >= 15 is 0 Å². The molecule has 2 fully saturated rings. The number of fused-ring (bicyclic) bond motifs is 3. The van der Waals surface area contributed by atoms with Crippen molar-refractivity contribution in [3.05, 3.63) is 59.4 Å². The van der Waals surface area contributed by atoms with E-state index in [2.05, 4.69) is 20.1 Å². The number of hydrogen-bond donors (Lipinski definition) is 1. The molecule has 2 aromatic rings. The van der Waals surface area contributed by atoms with Crippen molar-refractivity contribution >= 4 is 11.6 Å². The van der Waals surface area contributed by atoms with Crippen LogP contribution in [0, 0.1) is 5.92 Å². The Bertz CT molecular complexity index is 1010. The minimum Gasteiger partial charge on any atom is -0.365 e. The van der Waals surface area contributed by atoms with E-state index in [0.717, 1.165) is 30.9 Å². The van der Waals surface area contributed by atoms with E-state index in [-0.39, 0.29) is 11.9 Å². The predicted molar refractivity (Wildman–Crippen MR) is 124 cm³/mol.